The average molecular weight is 338 g/mol. The van der Waals surface area contributed by atoms with E-state index in [1.54, 1.807) is 31.4 Å². The van der Waals surface area contributed by atoms with E-state index in [1.165, 1.54) is 0 Å². The molecule has 0 bridgehead atoms. The first-order valence-corrected chi connectivity index (χ1v) is 7.75. The Morgan fingerprint density at radius 3 is 2.56 bits per heavy atom. The van der Waals surface area contributed by atoms with Gasteiger partial charge in [-0.2, -0.15) is 0 Å². The molecule has 1 heterocycles. The number of carbonyl (C=O) groups is 1. The number of ether oxygens (including phenoxy) is 2. The van der Waals surface area contributed by atoms with E-state index in [-0.39, 0.29) is 18.4 Å². The van der Waals surface area contributed by atoms with Crippen LogP contribution in [0.4, 0.5) is 5.88 Å². The van der Waals surface area contributed by atoms with Crippen LogP contribution in [-0.4, -0.2) is 24.8 Å². The summed E-state index contributed by atoms with van der Waals surface area (Å²) in [6.45, 7) is 1.85. The lowest BCUT2D eigenvalue weighted by molar-refractivity contribution is -0.118. The molecule has 0 aliphatic heterocycles. The highest BCUT2D eigenvalue weighted by Gasteiger charge is 2.11. The second kappa shape index (κ2) is 7.53. The Labute approximate surface area is 145 Å². The van der Waals surface area contributed by atoms with Crippen LogP contribution in [0.1, 0.15) is 5.56 Å². The summed E-state index contributed by atoms with van der Waals surface area (Å²) in [6, 6.07) is 16.7. The van der Waals surface area contributed by atoms with Crippen molar-refractivity contribution in [3.05, 3.63) is 60.2 Å². The van der Waals surface area contributed by atoms with Gasteiger partial charge in [-0.3, -0.25) is 10.1 Å². The Balaban J connectivity index is 1.59. The molecule has 1 N–H and O–H groups in total. The van der Waals surface area contributed by atoms with Crippen LogP contribution < -0.4 is 14.8 Å². The van der Waals surface area contributed by atoms with Gasteiger partial charge in [-0.1, -0.05) is 47.1 Å². The van der Waals surface area contributed by atoms with Gasteiger partial charge >= 0.3 is 0 Å². The molecule has 1 amide bonds. The highest BCUT2D eigenvalue weighted by molar-refractivity contribution is 5.91. The normalized spacial score (nSPS) is 10.3. The minimum atomic E-state index is -0.350. The minimum absolute atomic E-state index is 0.166. The van der Waals surface area contributed by atoms with Gasteiger partial charge in [0.15, 0.2) is 18.1 Å². The van der Waals surface area contributed by atoms with Crippen molar-refractivity contribution in [3.63, 3.8) is 0 Å². The first kappa shape index (κ1) is 16.6. The number of amides is 1. The van der Waals surface area contributed by atoms with E-state index in [0.29, 0.717) is 17.2 Å². The smallest absolute Gasteiger partial charge is 0.264 e. The molecule has 0 atom stereocenters. The zero-order valence-corrected chi connectivity index (χ0v) is 14.0. The Morgan fingerprint density at radius 1 is 1.12 bits per heavy atom. The van der Waals surface area contributed by atoms with Crippen LogP contribution in [0, 0.1) is 6.92 Å². The van der Waals surface area contributed by atoms with Crippen LogP contribution in [-0.2, 0) is 4.79 Å². The molecule has 0 aliphatic rings. The largest absolute Gasteiger partial charge is 0.493 e. The zero-order valence-electron chi connectivity index (χ0n) is 14.0. The van der Waals surface area contributed by atoms with Crippen LogP contribution in [0.15, 0.2) is 59.1 Å². The van der Waals surface area contributed by atoms with Crippen molar-refractivity contribution in [1.29, 1.82) is 0 Å². The van der Waals surface area contributed by atoms with Crippen LogP contribution in [0.5, 0.6) is 11.5 Å². The van der Waals surface area contributed by atoms with E-state index >= 15 is 0 Å². The van der Waals surface area contributed by atoms with Crippen molar-refractivity contribution in [1.82, 2.24) is 5.16 Å². The van der Waals surface area contributed by atoms with E-state index in [0.717, 1.165) is 11.1 Å². The van der Waals surface area contributed by atoms with Gasteiger partial charge in [0.1, 0.15) is 5.69 Å². The Hall–Kier alpha value is -3.28. The number of aromatic nitrogens is 1. The fourth-order valence-corrected chi connectivity index (χ4v) is 2.25. The molecule has 0 unspecified atom stereocenters. The molecule has 6 heteroatoms. The number of anilines is 1. The summed E-state index contributed by atoms with van der Waals surface area (Å²) >= 11 is 0. The fourth-order valence-electron chi connectivity index (χ4n) is 2.25. The second-order valence-corrected chi connectivity index (χ2v) is 5.43. The molecule has 0 spiro atoms. The van der Waals surface area contributed by atoms with Crippen LogP contribution in [0.2, 0.25) is 0 Å². The summed E-state index contributed by atoms with van der Waals surface area (Å²) in [7, 11) is 1.55. The van der Waals surface area contributed by atoms with Crippen molar-refractivity contribution in [3.8, 4) is 22.8 Å². The lowest BCUT2D eigenvalue weighted by Crippen LogP contribution is -2.20. The van der Waals surface area contributed by atoms with Crippen molar-refractivity contribution in [2.75, 3.05) is 19.0 Å². The Kier molecular flexibility index (Phi) is 4.99. The third kappa shape index (κ3) is 4.17. The first-order chi connectivity index (χ1) is 12.2. The summed E-state index contributed by atoms with van der Waals surface area (Å²) in [4.78, 5) is 12.0. The number of rotatable bonds is 6. The summed E-state index contributed by atoms with van der Waals surface area (Å²) in [5.74, 6) is 0.983. The van der Waals surface area contributed by atoms with E-state index in [9.17, 15) is 4.79 Å². The van der Waals surface area contributed by atoms with Crippen LogP contribution >= 0.6 is 0 Å². The molecule has 0 aliphatic carbocycles. The summed E-state index contributed by atoms with van der Waals surface area (Å²) < 4.78 is 15.8. The highest BCUT2D eigenvalue weighted by atomic mass is 16.5. The van der Waals surface area contributed by atoms with E-state index in [1.807, 2.05) is 37.3 Å². The predicted octanol–water partition coefficient (Wildman–Crippen LogP) is 3.68. The van der Waals surface area contributed by atoms with Gasteiger partial charge in [0, 0.05) is 11.6 Å². The van der Waals surface area contributed by atoms with Gasteiger partial charge in [-0.25, -0.2) is 0 Å². The molecule has 0 fully saturated rings. The molecule has 0 saturated heterocycles. The molecule has 3 aromatic rings. The van der Waals surface area contributed by atoms with Crippen molar-refractivity contribution in [2.24, 2.45) is 0 Å². The van der Waals surface area contributed by atoms with E-state index in [4.69, 9.17) is 14.0 Å². The monoisotopic (exact) mass is 338 g/mol. The summed E-state index contributed by atoms with van der Waals surface area (Å²) in [5.41, 5.74) is 2.73. The molecule has 2 aromatic carbocycles. The molecule has 1 aromatic heterocycles. The molecule has 0 radical (unpaired) electrons. The number of benzene rings is 2. The van der Waals surface area contributed by atoms with Gasteiger partial charge in [0.05, 0.1) is 7.11 Å². The molecular weight excluding hydrogens is 320 g/mol. The van der Waals surface area contributed by atoms with E-state index in [2.05, 4.69) is 10.5 Å². The van der Waals surface area contributed by atoms with Crippen molar-refractivity contribution < 1.29 is 18.8 Å². The first-order valence-electron chi connectivity index (χ1n) is 7.75. The number of hydrogen-bond donors (Lipinski definition) is 1. The quantitative estimate of drug-likeness (QED) is 0.742. The lowest BCUT2D eigenvalue weighted by atomic mass is 10.1. The van der Waals surface area contributed by atoms with Gasteiger partial charge in [-0.15, -0.1) is 0 Å². The molecule has 6 nitrogen and oxygen atoms in total. The topological polar surface area (TPSA) is 73.6 Å². The average Bonchev–Trinajstić information content (AvgIpc) is 3.09. The maximum Gasteiger partial charge on any atom is 0.264 e. The van der Waals surface area contributed by atoms with Gasteiger partial charge in [-0.05, 0) is 19.1 Å². The number of methoxy groups -OCH3 is 1. The van der Waals surface area contributed by atoms with Gasteiger partial charge in [0.25, 0.3) is 5.91 Å². The minimum Gasteiger partial charge on any atom is -0.493 e. The predicted molar refractivity (Wildman–Crippen MR) is 93.8 cm³/mol. The fraction of sp³-hybridized carbons (Fsp3) is 0.158. The number of nitrogens with zero attached hydrogens (tertiary/aromatic N) is 1. The third-order valence-electron chi connectivity index (χ3n) is 3.55. The SMILES string of the molecule is COc1ccccc1OCC(=O)Nc1cc(-c2ccc(C)cc2)no1. The van der Waals surface area contributed by atoms with Crippen molar-refractivity contribution >= 4 is 11.8 Å². The maximum atomic E-state index is 12.0. The molecule has 25 heavy (non-hydrogen) atoms. The number of aryl methyl sites for hydroxylation is 1. The van der Waals surface area contributed by atoms with Crippen LogP contribution in [0.25, 0.3) is 11.3 Å². The number of para-hydroxylation sites is 2. The third-order valence-corrected chi connectivity index (χ3v) is 3.55. The number of carbonyl (C=O) groups excluding carboxylic acids is 1. The maximum absolute atomic E-state index is 12.0. The summed E-state index contributed by atoms with van der Waals surface area (Å²) in [5, 5.41) is 6.58. The number of hydrogen-bond acceptors (Lipinski definition) is 5. The van der Waals surface area contributed by atoms with Gasteiger partial charge < -0.3 is 14.0 Å². The second-order valence-electron chi connectivity index (χ2n) is 5.43. The lowest BCUT2D eigenvalue weighted by Gasteiger charge is -2.09. The number of nitrogens with one attached hydrogen (secondary N) is 1. The van der Waals surface area contributed by atoms with Crippen LogP contribution in [0.3, 0.4) is 0 Å². The molecular formula is C19H18N2O4. The summed E-state index contributed by atoms with van der Waals surface area (Å²) in [6.07, 6.45) is 0. The molecule has 3 rings (SSSR count). The molecule has 128 valence electrons. The zero-order chi connectivity index (χ0) is 17.6. The van der Waals surface area contributed by atoms with Gasteiger partial charge in [0.2, 0.25) is 5.88 Å². The Bertz CT molecular complexity index is 856. The Morgan fingerprint density at radius 2 is 1.84 bits per heavy atom. The highest BCUT2D eigenvalue weighted by Crippen LogP contribution is 2.26. The van der Waals surface area contributed by atoms with E-state index < -0.39 is 0 Å². The standard InChI is InChI=1S/C19H18N2O4/c1-13-7-9-14(10-8-13)15-11-19(25-21-15)20-18(22)12-24-17-6-4-3-5-16(17)23-2/h3-11H,12H2,1-2H3,(H,20,22). The van der Waals surface area contributed by atoms with Crippen molar-refractivity contribution in [2.45, 2.75) is 6.92 Å². The molecule has 0 saturated carbocycles.